The van der Waals surface area contributed by atoms with Crippen molar-refractivity contribution in [3.63, 3.8) is 0 Å². The predicted octanol–water partition coefficient (Wildman–Crippen LogP) is 1.06. The van der Waals surface area contributed by atoms with Crippen molar-refractivity contribution >= 4 is 17.3 Å². The van der Waals surface area contributed by atoms with Gasteiger partial charge in [-0.3, -0.25) is 4.79 Å². The lowest BCUT2D eigenvalue weighted by Gasteiger charge is -2.02. The van der Waals surface area contributed by atoms with Gasteiger partial charge in [-0.25, -0.2) is 0 Å². The van der Waals surface area contributed by atoms with Crippen LogP contribution < -0.4 is 5.73 Å². The average molecular weight is 170 g/mol. The van der Waals surface area contributed by atoms with Crippen LogP contribution in [-0.4, -0.2) is 16.2 Å². The molecule has 1 atom stereocenters. The highest BCUT2D eigenvalue weighted by atomic mass is 32.1. The highest BCUT2D eigenvalue weighted by Crippen LogP contribution is 2.04. The monoisotopic (exact) mass is 170 g/mol. The molecule has 11 heavy (non-hydrogen) atoms. The van der Waals surface area contributed by atoms with Crippen molar-refractivity contribution in [3.05, 3.63) is 17.1 Å². The Morgan fingerprint density at radius 2 is 2.64 bits per heavy atom. The summed E-state index contributed by atoms with van der Waals surface area (Å²) in [6.45, 7) is 1.88. The second kappa shape index (κ2) is 3.59. The van der Waals surface area contributed by atoms with E-state index in [1.54, 1.807) is 11.4 Å². The van der Waals surface area contributed by atoms with Crippen LogP contribution in [0.15, 0.2) is 11.4 Å². The minimum atomic E-state index is -0.392. The number of rotatable bonds is 3. The summed E-state index contributed by atoms with van der Waals surface area (Å²) in [5, 5.41) is 1.77. The third kappa shape index (κ3) is 1.85. The average Bonchev–Trinajstić information content (AvgIpc) is 2.53. The molecule has 4 heteroatoms. The Kier molecular flexibility index (Phi) is 2.73. The molecule has 0 saturated heterocycles. The van der Waals surface area contributed by atoms with Gasteiger partial charge in [0.2, 0.25) is 0 Å². The molecule has 0 aliphatic heterocycles. The van der Waals surface area contributed by atoms with Gasteiger partial charge in [0.15, 0.2) is 5.78 Å². The normalized spacial score (nSPS) is 12.9. The molecule has 0 radical (unpaired) electrons. The van der Waals surface area contributed by atoms with Crippen LogP contribution in [0.5, 0.6) is 0 Å². The number of hydrogen-bond acceptors (Lipinski definition) is 4. The second-order valence-corrected chi connectivity index (χ2v) is 2.93. The van der Waals surface area contributed by atoms with Crippen molar-refractivity contribution < 1.29 is 4.79 Å². The first-order valence-corrected chi connectivity index (χ1v) is 4.29. The molecule has 0 amide bonds. The molecule has 1 rings (SSSR count). The first-order chi connectivity index (χ1) is 5.25. The molecule has 1 aromatic heterocycles. The quantitative estimate of drug-likeness (QED) is 0.690. The SMILES string of the molecule is CC[C@@H](N)C(=O)c1ccsn1. The minimum Gasteiger partial charge on any atom is -0.321 e. The topological polar surface area (TPSA) is 56.0 Å². The van der Waals surface area contributed by atoms with Crippen LogP contribution in [0.4, 0.5) is 0 Å². The van der Waals surface area contributed by atoms with Gasteiger partial charge in [-0.15, -0.1) is 0 Å². The van der Waals surface area contributed by atoms with Gasteiger partial charge in [-0.05, 0) is 24.0 Å². The molecular weight excluding hydrogens is 160 g/mol. The number of Topliss-reactive ketones (excluding diaryl/α,β-unsaturated/α-hetero) is 1. The first-order valence-electron chi connectivity index (χ1n) is 3.46. The first kappa shape index (κ1) is 8.36. The van der Waals surface area contributed by atoms with E-state index in [1.165, 1.54) is 11.5 Å². The van der Waals surface area contributed by atoms with Crippen molar-refractivity contribution in [1.29, 1.82) is 0 Å². The second-order valence-electron chi connectivity index (χ2n) is 2.26. The van der Waals surface area contributed by atoms with Gasteiger partial charge in [0.05, 0.1) is 6.04 Å². The fraction of sp³-hybridized carbons (Fsp3) is 0.429. The Hall–Kier alpha value is -0.740. The fourth-order valence-electron chi connectivity index (χ4n) is 0.715. The van der Waals surface area contributed by atoms with E-state index in [-0.39, 0.29) is 5.78 Å². The van der Waals surface area contributed by atoms with Crippen LogP contribution in [0.25, 0.3) is 0 Å². The summed E-state index contributed by atoms with van der Waals surface area (Å²) in [4.78, 5) is 11.3. The van der Waals surface area contributed by atoms with Crippen LogP contribution in [0.3, 0.4) is 0 Å². The smallest absolute Gasteiger partial charge is 0.198 e. The van der Waals surface area contributed by atoms with Gasteiger partial charge in [-0.2, -0.15) is 4.37 Å². The predicted molar refractivity (Wildman–Crippen MR) is 44.7 cm³/mol. The summed E-state index contributed by atoms with van der Waals surface area (Å²) in [7, 11) is 0. The molecule has 0 aliphatic rings. The van der Waals surface area contributed by atoms with Crippen molar-refractivity contribution in [2.24, 2.45) is 5.73 Å². The van der Waals surface area contributed by atoms with E-state index in [0.717, 1.165) is 0 Å². The van der Waals surface area contributed by atoms with Gasteiger partial charge in [0.1, 0.15) is 5.69 Å². The van der Waals surface area contributed by atoms with E-state index in [1.807, 2.05) is 6.92 Å². The Balaban J connectivity index is 2.70. The molecule has 0 unspecified atom stereocenters. The molecule has 1 aromatic rings. The van der Waals surface area contributed by atoms with Crippen LogP contribution in [0.2, 0.25) is 0 Å². The van der Waals surface area contributed by atoms with Gasteiger partial charge in [-0.1, -0.05) is 6.92 Å². The lowest BCUT2D eigenvalue weighted by molar-refractivity contribution is 0.0955. The number of carbonyl (C=O) groups is 1. The molecule has 0 aromatic carbocycles. The molecule has 0 aliphatic carbocycles. The van der Waals surface area contributed by atoms with Crippen molar-refractivity contribution in [3.8, 4) is 0 Å². The fourth-order valence-corrected chi connectivity index (χ4v) is 1.23. The highest BCUT2D eigenvalue weighted by molar-refractivity contribution is 7.03. The lowest BCUT2D eigenvalue weighted by atomic mass is 10.1. The van der Waals surface area contributed by atoms with Crippen LogP contribution in [0.1, 0.15) is 23.8 Å². The summed E-state index contributed by atoms with van der Waals surface area (Å²) in [6.07, 6.45) is 0.663. The molecule has 0 bridgehead atoms. The summed E-state index contributed by atoms with van der Waals surface area (Å²) in [5.41, 5.74) is 6.01. The van der Waals surface area contributed by atoms with E-state index >= 15 is 0 Å². The molecule has 0 saturated carbocycles. The summed E-state index contributed by atoms with van der Waals surface area (Å²) in [6, 6.07) is 1.31. The zero-order valence-corrected chi connectivity index (χ0v) is 7.10. The van der Waals surface area contributed by atoms with Crippen molar-refractivity contribution in [1.82, 2.24) is 4.37 Å². The maximum Gasteiger partial charge on any atom is 0.198 e. The number of aromatic nitrogens is 1. The molecule has 0 fully saturated rings. The molecule has 0 spiro atoms. The van der Waals surface area contributed by atoms with E-state index < -0.39 is 6.04 Å². The third-order valence-electron chi connectivity index (χ3n) is 1.47. The van der Waals surface area contributed by atoms with E-state index in [4.69, 9.17) is 5.73 Å². The van der Waals surface area contributed by atoms with E-state index in [2.05, 4.69) is 4.37 Å². The van der Waals surface area contributed by atoms with Crippen LogP contribution in [0, 0.1) is 0 Å². The zero-order chi connectivity index (χ0) is 8.27. The Labute approximate surface area is 69.4 Å². The van der Waals surface area contributed by atoms with Gasteiger partial charge < -0.3 is 5.73 Å². The van der Waals surface area contributed by atoms with Crippen molar-refractivity contribution in [2.45, 2.75) is 19.4 Å². The third-order valence-corrected chi connectivity index (χ3v) is 2.03. The standard InChI is InChI=1S/C7H10N2OS/c1-2-5(8)7(10)6-3-4-11-9-6/h3-5H,2,8H2,1H3/t5-/m1/s1. The molecule has 1 heterocycles. The number of ketones is 1. The maximum atomic E-state index is 11.3. The Morgan fingerprint density at radius 1 is 1.91 bits per heavy atom. The van der Waals surface area contributed by atoms with E-state index in [0.29, 0.717) is 12.1 Å². The minimum absolute atomic E-state index is 0.0613. The molecular formula is C7H10N2OS. The molecule has 2 N–H and O–H groups in total. The lowest BCUT2D eigenvalue weighted by Crippen LogP contribution is -2.29. The van der Waals surface area contributed by atoms with Crippen LogP contribution in [-0.2, 0) is 0 Å². The van der Waals surface area contributed by atoms with Crippen LogP contribution >= 0.6 is 11.5 Å². The van der Waals surface area contributed by atoms with E-state index in [9.17, 15) is 4.79 Å². The molecule has 3 nitrogen and oxygen atoms in total. The summed E-state index contributed by atoms with van der Waals surface area (Å²) >= 11 is 1.27. The Bertz CT molecular complexity index is 233. The summed E-state index contributed by atoms with van der Waals surface area (Å²) < 4.78 is 3.90. The maximum absolute atomic E-state index is 11.3. The number of carbonyl (C=O) groups excluding carboxylic acids is 1. The number of nitrogens with two attached hydrogens (primary N) is 1. The summed E-state index contributed by atoms with van der Waals surface area (Å²) in [5.74, 6) is -0.0613. The largest absolute Gasteiger partial charge is 0.321 e. The number of nitrogens with zero attached hydrogens (tertiary/aromatic N) is 1. The van der Waals surface area contributed by atoms with Gasteiger partial charge >= 0.3 is 0 Å². The van der Waals surface area contributed by atoms with Gasteiger partial charge in [0.25, 0.3) is 0 Å². The highest BCUT2D eigenvalue weighted by Gasteiger charge is 2.14. The van der Waals surface area contributed by atoms with Gasteiger partial charge in [0, 0.05) is 5.38 Å². The zero-order valence-electron chi connectivity index (χ0n) is 6.28. The molecule has 60 valence electrons. The Morgan fingerprint density at radius 3 is 3.09 bits per heavy atom. The number of hydrogen-bond donors (Lipinski definition) is 1. The van der Waals surface area contributed by atoms with Crippen molar-refractivity contribution in [2.75, 3.05) is 0 Å².